The summed E-state index contributed by atoms with van der Waals surface area (Å²) in [6.45, 7) is 3.95. The zero-order valence-corrected chi connectivity index (χ0v) is 14.6. The highest BCUT2D eigenvalue weighted by Crippen LogP contribution is 2.17. The Labute approximate surface area is 151 Å². The molecule has 0 atom stereocenters. The molecule has 1 saturated heterocycles. The van der Waals surface area contributed by atoms with E-state index >= 15 is 0 Å². The van der Waals surface area contributed by atoms with E-state index in [0.717, 1.165) is 6.42 Å². The number of amides is 2. The Balaban J connectivity index is 1.57. The van der Waals surface area contributed by atoms with Gasteiger partial charge in [0, 0.05) is 33.1 Å². The van der Waals surface area contributed by atoms with Crippen LogP contribution in [0.4, 0.5) is 4.39 Å². The average molecular weight is 360 g/mol. The normalized spacial score (nSPS) is 14.8. The van der Waals surface area contributed by atoms with Gasteiger partial charge in [0.15, 0.2) is 5.76 Å². The van der Waals surface area contributed by atoms with Crippen LogP contribution in [0.1, 0.15) is 29.7 Å². The molecule has 1 aliphatic heterocycles. The van der Waals surface area contributed by atoms with E-state index in [1.165, 1.54) is 31.2 Å². The molecule has 1 aromatic heterocycles. The van der Waals surface area contributed by atoms with Crippen molar-refractivity contribution in [3.63, 3.8) is 0 Å². The van der Waals surface area contributed by atoms with E-state index < -0.39 is 0 Å². The molecule has 0 bridgehead atoms. The van der Waals surface area contributed by atoms with Crippen LogP contribution in [-0.4, -0.2) is 47.8 Å². The van der Waals surface area contributed by atoms with Crippen molar-refractivity contribution in [2.24, 2.45) is 0 Å². The standard InChI is InChI=1S/C19H21FN2O4/c1-14(23)21-9-2-10-22(12-11-21)19(24)18-8-7-17(26-18)13-25-16-5-3-15(20)4-6-16/h3-8H,2,9-13H2,1H3. The van der Waals surface area contributed by atoms with E-state index in [9.17, 15) is 14.0 Å². The van der Waals surface area contributed by atoms with Crippen LogP contribution >= 0.6 is 0 Å². The van der Waals surface area contributed by atoms with Gasteiger partial charge in [-0.1, -0.05) is 0 Å². The molecule has 7 heteroatoms. The summed E-state index contributed by atoms with van der Waals surface area (Å²) in [5.74, 6) is 0.786. The monoisotopic (exact) mass is 360 g/mol. The van der Waals surface area contributed by atoms with Gasteiger partial charge in [0.05, 0.1) is 0 Å². The van der Waals surface area contributed by atoms with Gasteiger partial charge in [-0.25, -0.2) is 4.39 Å². The molecule has 2 heterocycles. The van der Waals surface area contributed by atoms with Gasteiger partial charge in [0.1, 0.15) is 23.9 Å². The number of nitrogens with zero attached hydrogens (tertiary/aromatic N) is 2. The van der Waals surface area contributed by atoms with Gasteiger partial charge < -0.3 is 19.0 Å². The third kappa shape index (κ3) is 4.41. The summed E-state index contributed by atoms with van der Waals surface area (Å²) in [5, 5.41) is 0. The Kier molecular flexibility index (Phi) is 5.55. The lowest BCUT2D eigenvalue weighted by atomic mass is 10.3. The Morgan fingerprint density at radius 3 is 2.46 bits per heavy atom. The van der Waals surface area contributed by atoms with Gasteiger partial charge in [0.2, 0.25) is 5.91 Å². The maximum absolute atomic E-state index is 12.9. The summed E-state index contributed by atoms with van der Waals surface area (Å²) in [6, 6.07) is 9.01. The first-order valence-electron chi connectivity index (χ1n) is 8.55. The molecule has 0 spiro atoms. The minimum atomic E-state index is -0.330. The number of benzene rings is 1. The molecule has 26 heavy (non-hydrogen) atoms. The molecule has 0 saturated carbocycles. The van der Waals surface area contributed by atoms with Crippen molar-refractivity contribution in [3.05, 3.63) is 53.7 Å². The fourth-order valence-corrected chi connectivity index (χ4v) is 2.85. The molecule has 1 fully saturated rings. The van der Waals surface area contributed by atoms with Gasteiger partial charge in [-0.15, -0.1) is 0 Å². The summed E-state index contributed by atoms with van der Waals surface area (Å²) < 4.78 is 24.0. The topological polar surface area (TPSA) is 63.0 Å². The Morgan fingerprint density at radius 2 is 1.73 bits per heavy atom. The number of hydrogen-bond donors (Lipinski definition) is 0. The second-order valence-electron chi connectivity index (χ2n) is 6.16. The highest BCUT2D eigenvalue weighted by Gasteiger charge is 2.23. The van der Waals surface area contributed by atoms with Crippen LogP contribution in [0.3, 0.4) is 0 Å². The number of ether oxygens (including phenoxy) is 1. The van der Waals surface area contributed by atoms with Gasteiger partial charge in [-0.3, -0.25) is 9.59 Å². The number of halogens is 1. The minimum absolute atomic E-state index is 0.0255. The molecule has 6 nitrogen and oxygen atoms in total. The van der Waals surface area contributed by atoms with Crippen molar-refractivity contribution in [2.45, 2.75) is 20.0 Å². The Bertz CT molecular complexity index is 772. The number of hydrogen-bond acceptors (Lipinski definition) is 4. The fraction of sp³-hybridized carbons (Fsp3) is 0.368. The summed E-state index contributed by atoms with van der Waals surface area (Å²) in [4.78, 5) is 27.5. The molecule has 0 N–H and O–H groups in total. The number of rotatable bonds is 4. The quantitative estimate of drug-likeness (QED) is 0.841. The average Bonchev–Trinajstić information content (AvgIpc) is 2.96. The minimum Gasteiger partial charge on any atom is -0.486 e. The third-order valence-electron chi connectivity index (χ3n) is 4.30. The predicted molar refractivity (Wildman–Crippen MR) is 92.2 cm³/mol. The summed E-state index contributed by atoms with van der Waals surface area (Å²) in [5.41, 5.74) is 0. The lowest BCUT2D eigenvalue weighted by Gasteiger charge is -2.20. The zero-order chi connectivity index (χ0) is 18.5. The first kappa shape index (κ1) is 18.0. The van der Waals surface area contributed by atoms with Crippen molar-refractivity contribution in [2.75, 3.05) is 26.2 Å². The molecule has 2 amide bonds. The van der Waals surface area contributed by atoms with E-state index in [0.29, 0.717) is 37.7 Å². The molecule has 0 unspecified atom stereocenters. The predicted octanol–water partition coefficient (Wildman–Crippen LogP) is 2.69. The van der Waals surface area contributed by atoms with Crippen LogP contribution in [0.15, 0.2) is 40.8 Å². The molecular weight excluding hydrogens is 339 g/mol. The first-order chi connectivity index (χ1) is 12.5. The van der Waals surface area contributed by atoms with E-state index in [1.54, 1.807) is 21.9 Å². The van der Waals surface area contributed by atoms with Crippen LogP contribution in [0.25, 0.3) is 0 Å². The molecule has 0 radical (unpaired) electrons. The van der Waals surface area contributed by atoms with Gasteiger partial charge >= 0.3 is 0 Å². The van der Waals surface area contributed by atoms with Crippen molar-refractivity contribution in [1.82, 2.24) is 9.80 Å². The molecule has 0 aliphatic carbocycles. The van der Waals surface area contributed by atoms with E-state index in [2.05, 4.69) is 0 Å². The summed E-state index contributed by atoms with van der Waals surface area (Å²) in [7, 11) is 0. The van der Waals surface area contributed by atoms with E-state index in [4.69, 9.17) is 9.15 Å². The maximum atomic E-state index is 12.9. The largest absolute Gasteiger partial charge is 0.486 e. The molecule has 1 aromatic carbocycles. The van der Waals surface area contributed by atoms with Crippen molar-refractivity contribution in [1.29, 1.82) is 0 Å². The highest BCUT2D eigenvalue weighted by molar-refractivity contribution is 5.91. The van der Waals surface area contributed by atoms with Crippen LogP contribution in [0, 0.1) is 5.82 Å². The molecule has 3 rings (SSSR count). The number of carbonyl (C=O) groups excluding carboxylic acids is 2. The van der Waals surface area contributed by atoms with E-state index in [1.807, 2.05) is 0 Å². The molecule has 138 valence electrons. The zero-order valence-electron chi connectivity index (χ0n) is 14.6. The summed E-state index contributed by atoms with van der Waals surface area (Å²) in [6.07, 6.45) is 0.743. The second-order valence-corrected chi connectivity index (χ2v) is 6.16. The van der Waals surface area contributed by atoms with Crippen LogP contribution in [0.5, 0.6) is 5.75 Å². The number of carbonyl (C=O) groups is 2. The van der Waals surface area contributed by atoms with Crippen LogP contribution < -0.4 is 4.74 Å². The first-order valence-corrected chi connectivity index (χ1v) is 8.55. The van der Waals surface area contributed by atoms with Gasteiger partial charge in [0.25, 0.3) is 5.91 Å². The van der Waals surface area contributed by atoms with E-state index in [-0.39, 0.29) is 30.0 Å². The SMILES string of the molecule is CC(=O)N1CCCN(C(=O)c2ccc(COc3ccc(F)cc3)o2)CC1. The second kappa shape index (κ2) is 8.03. The third-order valence-corrected chi connectivity index (χ3v) is 4.30. The Morgan fingerprint density at radius 1 is 1.04 bits per heavy atom. The van der Waals surface area contributed by atoms with Crippen LogP contribution in [0.2, 0.25) is 0 Å². The Hall–Kier alpha value is -2.83. The van der Waals surface area contributed by atoms with Crippen molar-refractivity contribution < 1.29 is 23.1 Å². The van der Waals surface area contributed by atoms with Crippen molar-refractivity contribution in [3.8, 4) is 5.75 Å². The number of furan rings is 1. The van der Waals surface area contributed by atoms with Crippen LogP contribution in [-0.2, 0) is 11.4 Å². The van der Waals surface area contributed by atoms with Gasteiger partial charge in [-0.05, 0) is 42.8 Å². The lowest BCUT2D eigenvalue weighted by molar-refractivity contribution is -0.128. The molecule has 2 aromatic rings. The smallest absolute Gasteiger partial charge is 0.289 e. The highest BCUT2D eigenvalue weighted by atomic mass is 19.1. The molecular formula is C19H21FN2O4. The maximum Gasteiger partial charge on any atom is 0.289 e. The van der Waals surface area contributed by atoms with Crippen molar-refractivity contribution >= 4 is 11.8 Å². The molecule has 1 aliphatic rings. The fourth-order valence-electron chi connectivity index (χ4n) is 2.85. The lowest BCUT2D eigenvalue weighted by Crippen LogP contribution is -2.36. The van der Waals surface area contributed by atoms with Gasteiger partial charge in [-0.2, -0.15) is 0 Å². The summed E-state index contributed by atoms with van der Waals surface area (Å²) >= 11 is 0.